The van der Waals surface area contributed by atoms with Crippen LogP contribution < -0.4 is 0 Å². The van der Waals surface area contributed by atoms with Gasteiger partial charge in [0.25, 0.3) is 0 Å². The van der Waals surface area contributed by atoms with Crippen LogP contribution in [0.3, 0.4) is 0 Å². The number of halogens is 1. The summed E-state index contributed by atoms with van der Waals surface area (Å²) in [5.74, 6) is 0.335. The van der Waals surface area contributed by atoms with E-state index < -0.39 is 0 Å². The molecule has 20 heavy (non-hydrogen) atoms. The molecule has 1 aromatic carbocycles. The van der Waals surface area contributed by atoms with Crippen molar-refractivity contribution in [3.8, 4) is 0 Å². The predicted octanol–water partition coefficient (Wildman–Crippen LogP) is 3.66. The number of benzene rings is 1. The van der Waals surface area contributed by atoms with Gasteiger partial charge < -0.3 is 4.42 Å². The second-order valence-electron chi connectivity index (χ2n) is 4.77. The van der Waals surface area contributed by atoms with Crippen LogP contribution in [-0.2, 0) is 13.5 Å². The highest BCUT2D eigenvalue weighted by Gasteiger charge is 2.16. The number of furan rings is 1. The van der Waals surface area contributed by atoms with E-state index >= 15 is 0 Å². The van der Waals surface area contributed by atoms with E-state index in [1.54, 1.807) is 10.7 Å². The summed E-state index contributed by atoms with van der Waals surface area (Å²) in [7, 11) is 1.84. The molecule has 0 N–H and O–H groups in total. The Morgan fingerprint density at radius 3 is 2.85 bits per heavy atom. The van der Waals surface area contributed by atoms with Crippen LogP contribution in [0.2, 0.25) is 0 Å². The lowest BCUT2D eigenvalue weighted by Crippen LogP contribution is -2.06. The molecule has 3 aromatic rings. The van der Waals surface area contributed by atoms with Crippen LogP contribution in [0.15, 0.2) is 39.2 Å². The maximum Gasteiger partial charge on any atom is 0.203 e. The number of carbonyl (C=O) groups excluding carboxylic acids is 1. The average Bonchev–Trinajstić information content (AvgIpc) is 2.94. The van der Waals surface area contributed by atoms with Crippen LogP contribution in [-0.4, -0.2) is 15.6 Å². The van der Waals surface area contributed by atoms with Gasteiger partial charge in [-0.1, -0.05) is 12.1 Å². The highest BCUT2D eigenvalue weighted by atomic mass is 79.9. The lowest BCUT2D eigenvalue weighted by molar-refractivity contribution is 0.0966. The number of ketones is 1. The van der Waals surface area contributed by atoms with Crippen LogP contribution in [0.25, 0.3) is 11.0 Å². The number of rotatable bonds is 3. The largest absolute Gasteiger partial charge is 0.452 e. The Hall–Kier alpha value is -1.88. The SMILES string of the molecule is Cc1cc(CC(=O)c2cc3cccc(Br)c3o2)n(C)n1. The van der Waals surface area contributed by atoms with E-state index in [-0.39, 0.29) is 12.2 Å². The number of Topliss-reactive ketones (excluding diaryl/α,β-unsaturated/α-hetero) is 1. The van der Waals surface area contributed by atoms with E-state index in [0.717, 1.165) is 21.2 Å². The highest BCUT2D eigenvalue weighted by Crippen LogP contribution is 2.27. The Morgan fingerprint density at radius 1 is 1.40 bits per heavy atom. The third kappa shape index (κ3) is 2.29. The minimum atomic E-state index is -0.0453. The first-order chi connectivity index (χ1) is 9.54. The average molecular weight is 333 g/mol. The van der Waals surface area contributed by atoms with Crippen LogP contribution in [0, 0.1) is 6.92 Å². The van der Waals surface area contributed by atoms with Crippen LogP contribution in [0.1, 0.15) is 21.9 Å². The molecule has 0 saturated heterocycles. The van der Waals surface area contributed by atoms with Gasteiger partial charge >= 0.3 is 0 Å². The van der Waals surface area contributed by atoms with Gasteiger partial charge in [0, 0.05) is 18.1 Å². The minimum absolute atomic E-state index is 0.0453. The lowest BCUT2D eigenvalue weighted by atomic mass is 10.1. The second kappa shape index (κ2) is 4.90. The second-order valence-corrected chi connectivity index (χ2v) is 5.62. The minimum Gasteiger partial charge on any atom is -0.452 e. The van der Waals surface area contributed by atoms with Gasteiger partial charge in [-0.05, 0) is 41.1 Å². The van der Waals surface area contributed by atoms with Crippen molar-refractivity contribution in [3.63, 3.8) is 0 Å². The molecule has 0 fully saturated rings. The highest BCUT2D eigenvalue weighted by molar-refractivity contribution is 9.10. The fourth-order valence-corrected chi connectivity index (χ4v) is 2.71. The first-order valence-electron chi connectivity index (χ1n) is 6.25. The molecule has 0 aliphatic heterocycles. The van der Waals surface area contributed by atoms with Crippen molar-refractivity contribution in [2.45, 2.75) is 13.3 Å². The standard InChI is InChI=1S/C15H13BrN2O2/c1-9-6-11(18(2)17-9)8-13(19)14-7-10-4-3-5-12(16)15(10)20-14/h3-7H,8H2,1-2H3. The van der Waals surface area contributed by atoms with Crippen molar-refractivity contribution >= 4 is 32.7 Å². The molecular formula is C15H13BrN2O2. The van der Waals surface area contributed by atoms with Crippen LogP contribution in [0.5, 0.6) is 0 Å². The number of aromatic nitrogens is 2. The summed E-state index contributed by atoms with van der Waals surface area (Å²) in [6, 6.07) is 9.43. The molecule has 0 radical (unpaired) electrons. The van der Waals surface area contributed by atoms with Gasteiger partial charge in [-0.3, -0.25) is 9.48 Å². The molecule has 0 saturated carbocycles. The Bertz CT molecular complexity index is 801. The third-order valence-corrected chi connectivity index (χ3v) is 3.84. The normalized spacial score (nSPS) is 11.2. The smallest absolute Gasteiger partial charge is 0.203 e. The maximum absolute atomic E-state index is 12.3. The van der Waals surface area contributed by atoms with E-state index in [4.69, 9.17) is 4.42 Å². The molecule has 0 amide bonds. The molecule has 2 heterocycles. The molecule has 0 unspecified atom stereocenters. The number of nitrogens with zero attached hydrogens (tertiary/aromatic N) is 2. The van der Waals surface area contributed by atoms with Gasteiger partial charge in [-0.2, -0.15) is 5.10 Å². The first-order valence-corrected chi connectivity index (χ1v) is 7.04. The van der Waals surface area contributed by atoms with Crippen molar-refractivity contribution in [2.24, 2.45) is 7.05 Å². The molecule has 0 spiro atoms. The van der Waals surface area contributed by atoms with Gasteiger partial charge in [0.05, 0.1) is 16.6 Å². The summed E-state index contributed by atoms with van der Waals surface area (Å²) < 4.78 is 8.23. The number of hydrogen-bond acceptors (Lipinski definition) is 3. The summed E-state index contributed by atoms with van der Waals surface area (Å²) in [5, 5.41) is 5.16. The molecular weight excluding hydrogens is 320 g/mol. The zero-order valence-electron chi connectivity index (χ0n) is 11.2. The van der Waals surface area contributed by atoms with Crippen LogP contribution in [0.4, 0.5) is 0 Å². The van der Waals surface area contributed by atoms with E-state index in [1.165, 1.54) is 0 Å². The molecule has 102 valence electrons. The predicted molar refractivity (Wildman–Crippen MR) is 79.9 cm³/mol. The fourth-order valence-electron chi connectivity index (χ4n) is 2.25. The summed E-state index contributed by atoms with van der Waals surface area (Å²) >= 11 is 3.42. The molecule has 0 aliphatic rings. The molecule has 0 aliphatic carbocycles. The zero-order valence-corrected chi connectivity index (χ0v) is 12.8. The topological polar surface area (TPSA) is 48.0 Å². The summed E-state index contributed by atoms with van der Waals surface area (Å²) in [5.41, 5.74) is 2.49. The third-order valence-electron chi connectivity index (χ3n) is 3.21. The van der Waals surface area contributed by atoms with Crippen molar-refractivity contribution < 1.29 is 9.21 Å². The molecule has 3 rings (SSSR count). The monoisotopic (exact) mass is 332 g/mol. The Labute approximate surface area is 124 Å². The van der Waals surface area contributed by atoms with Crippen molar-refractivity contribution in [1.82, 2.24) is 9.78 Å². The molecule has 2 aromatic heterocycles. The van der Waals surface area contributed by atoms with Crippen molar-refractivity contribution in [2.75, 3.05) is 0 Å². The van der Waals surface area contributed by atoms with Gasteiger partial charge in [0.2, 0.25) is 5.78 Å². The zero-order chi connectivity index (χ0) is 14.3. The van der Waals surface area contributed by atoms with Gasteiger partial charge in [0.15, 0.2) is 5.76 Å². The number of aryl methyl sites for hydroxylation is 2. The maximum atomic E-state index is 12.3. The van der Waals surface area contributed by atoms with E-state index in [2.05, 4.69) is 21.0 Å². The number of carbonyl (C=O) groups is 1. The summed E-state index contributed by atoms with van der Waals surface area (Å²) in [6.45, 7) is 1.91. The van der Waals surface area contributed by atoms with E-state index in [1.807, 2.05) is 38.2 Å². The first kappa shape index (κ1) is 13.1. The molecule has 0 bridgehead atoms. The number of hydrogen-bond donors (Lipinski definition) is 0. The Morgan fingerprint density at radius 2 is 2.20 bits per heavy atom. The summed E-state index contributed by atoms with van der Waals surface area (Å²) in [6.07, 6.45) is 0.286. The molecule has 0 atom stereocenters. The number of para-hydroxylation sites is 1. The van der Waals surface area contributed by atoms with Crippen LogP contribution >= 0.6 is 15.9 Å². The Kier molecular flexibility index (Phi) is 3.22. The van der Waals surface area contributed by atoms with E-state index in [0.29, 0.717) is 11.3 Å². The quantitative estimate of drug-likeness (QED) is 0.687. The van der Waals surface area contributed by atoms with Gasteiger partial charge in [-0.25, -0.2) is 0 Å². The number of fused-ring (bicyclic) bond motifs is 1. The van der Waals surface area contributed by atoms with Gasteiger partial charge in [-0.15, -0.1) is 0 Å². The van der Waals surface area contributed by atoms with Gasteiger partial charge in [0.1, 0.15) is 5.58 Å². The Balaban J connectivity index is 1.93. The summed E-state index contributed by atoms with van der Waals surface area (Å²) in [4.78, 5) is 12.3. The molecule has 4 nitrogen and oxygen atoms in total. The van der Waals surface area contributed by atoms with E-state index in [9.17, 15) is 4.79 Å². The molecule has 5 heteroatoms. The fraction of sp³-hybridized carbons (Fsp3) is 0.200. The van der Waals surface area contributed by atoms with Crippen molar-refractivity contribution in [3.05, 3.63) is 52.0 Å². The lowest BCUT2D eigenvalue weighted by Gasteiger charge is -1.98. The van der Waals surface area contributed by atoms with Crippen molar-refractivity contribution in [1.29, 1.82) is 0 Å².